The van der Waals surface area contributed by atoms with Gasteiger partial charge in [-0.3, -0.25) is 14.6 Å². The van der Waals surface area contributed by atoms with Crippen LogP contribution in [0.25, 0.3) is 11.0 Å². The fourth-order valence-corrected chi connectivity index (χ4v) is 3.90. The maximum absolute atomic E-state index is 12.6. The van der Waals surface area contributed by atoms with E-state index in [1.807, 2.05) is 18.2 Å². The monoisotopic (exact) mass is 395 g/mol. The molecule has 8 heteroatoms. The van der Waals surface area contributed by atoms with E-state index < -0.39 is 17.2 Å². The predicted octanol–water partition coefficient (Wildman–Crippen LogP) is 1.96. The summed E-state index contributed by atoms with van der Waals surface area (Å²) in [6, 6.07) is 8.90. The van der Waals surface area contributed by atoms with Crippen LogP contribution in [0.5, 0.6) is 5.75 Å². The fourth-order valence-electron chi connectivity index (χ4n) is 3.90. The Labute approximate surface area is 166 Å². The second-order valence-electron chi connectivity index (χ2n) is 7.07. The van der Waals surface area contributed by atoms with Crippen LogP contribution >= 0.6 is 0 Å². The van der Waals surface area contributed by atoms with E-state index in [1.165, 1.54) is 0 Å². The molecular weight excluding hydrogens is 374 g/mol. The lowest BCUT2D eigenvalue weighted by Gasteiger charge is -2.27. The van der Waals surface area contributed by atoms with Gasteiger partial charge in [0.2, 0.25) is 5.91 Å². The number of carbonyl (C=O) groups is 2. The van der Waals surface area contributed by atoms with Crippen LogP contribution in [0.3, 0.4) is 0 Å². The average molecular weight is 395 g/mol. The topological polar surface area (TPSA) is 131 Å². The van der Waals surface area contributed by atoms with Gasteiger partial charge < -0.3 is 25.4 Å². The third kappa shape index (κ3) is 3.11. The molecule has 0 bridgehead atoms. The van der Waals surface area contributed by atoms with Crippen molar-refractivity contribution in [3.63, 3.8) is 0 Å². The van der Waals surface area contributed by atoms with Crippen molar-refractivity contribution < 1.29 is 23.5 Å². The van der Waals surface area contributed by atoms with Crippen LogP contribution in [0.2, 0.25) is 0 Å². The number of amides is 2. The molecule has 0 radical (unpaired) electrons. The number of benzene rings is 1. The molecule has 8 nitrogen and oxygen atoms in total. The molecule has 1 unspecified atom stereocenters. The molecule has 1 atom stereocenters. The third-order valence-corrected chi connectivity index (χ3v) is 5.31. The van der Waals surface area contributed by atoms with Gasteiger partial charge in [-0.25, -0.2) is 0 Å². The number of aryl methyl sites for hydroxylation is 1. The Bertz CT molecular complexity index is 1080. The molecule has 1 saturated heterocycles. The van der Waals surface area contributed by atoms with Gasteiger partial charge in [0, 0.05) is 23.8 Å². The van der Waals surface area contributed by atoms with Crippen LogP contribution in [0.1, 0.15) is 33.8 Å². The molecule has 4 N–H and O–H groups in total. The van der Waals surface area contributed by atoms with Gasteiger partial charge in [0.25, 0.3) is 5.91 Å². The number of aromatic nitrogens is 1. The van der Waals surface area contributed by atoms with E-state index in [2.05, 4.69) is 4.98 Å². The summed E-state index contributed by atoms with van der Waals surface area (Å²) in [4.78, 5) is 29.1. The smallest absolute Gasteiger partial charge is 0.252 e. The summed E-state index contributed by atoms with van der Waals surface area (Å²) in [5.74, 6) is -0.424. The molecule has 0 saturated carbocycles. The molecule has 0 spiro atoms. The summed E-state index contributed by atoms with van der Waals surface area (Å²) < 4.78 is 17.3. The summed E-state index contributed by atoms with van der Waals surface area (Å²) >= 11 is 0. The lowest BCUT2D eigenvalue weighted by atomic mass is 9.76. The Morgan fingerprint density at radius 3 is 2.69 bits per heavy atom. The van der Waals surface area contributed by atoms with E-state index in [4.69, 9.17) is 25.4 Å². The van der Waals surface area contributed by atoms with Crippen LogP contribution in [0, 0.1) is 6.92 Å². The number of primary amides is 2. The van der Waals surface area contributed by atoms with Gasteiger partial charge in [0.05, 0.1) is 17.9 Å². The van der Waals surface area contributed by atoms with Crippen LogP contribution in [-0.2, 0) is 21.6 Å². The lowest BCUT2D eigenvalue weighted by molar-refractivity contribution is -0.123. The number of hydrogen-bond donors (Lipinski definition) is 2. The molecule has 1 aliphatic heterocycles. The molecule has 3 heterocycles. The van der Waals surface area contributed by atoms with E-state index in [1.54, 1.807) is 25.3 Å². The molecule has 1 aliphatic rings. The summed E-state index contributed by atoms with van der Waals surface area (Å²) in [7, 11) is 0. The van der Waals surface area contributed by atoms with Crippen LogP contribution < -0.4 is 16.2 Å². The van der Waals surface area contributed by atoms with Crippen molar-refractivity contribution in [1.82, 2.24) is 4.98 Å². The highest BCUT2D eigenvalue weighted by Gasteiger charge is 2.47. The molecule has 0 aliphatic carbocycles. The van der Waals surface area contributed by atoms with E-state index in [-0.39, 0.29) is 18.8 Å². The van der Waals surface area contributed by atoms with Gasteiger partial charge in [-0.15, -0.1) is 0 Å². The van der Waals surface area contributed by atoms with E-state index in [9.17, 15) is 9.59 Å². The highest BCUT2D eigenvalue weighted by Crippen LogP contribution is 2.45. The predicted molar refractivity (Wildman–Crippen MR) is 104 cm³/mol. The Kier molecular flexibility index (Phi) is 4.71. The van der Waals surface area contributed by atoms with Crippen molar-refractivity contribution in [2.75, 3.05) is 13.2 Å². The number of fused-ring (bicyclic) bond motifs is 1. The van der Waals surface area contributed by atoms with E-state index >= 15 is 0 Å². The number of nitrogens with two attached hydrogens (primary N) is 2. The summed E-state index contributed by atoms with van der Waals surface area (Å²) in [6.45, 7) is 2.28. The van der Waals surface area contributed by atoms with E-state index in [0.717, 1.165) is 0 Å². The maximum atomic E-state index is 12.6. The number of pyridine rings is 1. The second kappa shape index (κ2) is 7.21. The third-order valence-electron chi connectivity index (χ3n) is 5.31. The molecule has 29 heavy (non-hydrogen) atoms. The Balaban J connectivity index is 1.94. The first-order valence-electron chi connectivity index (χ1n) is 9.21. The minimum Gasteiger partial charge on any atom is -0.487 e. The Hall–Kier alpha value is -3.39. The first-order valence-corrected chi connectivity index (χ1v) is 9.21. The van der Waals surface area contributed by atoms with E-state index in [0.29, 0.717) is 46.8 Å². The number of rotatable bonds is 6. The molecule has 3 aromatic rings. The first-order chi connectivity index (χ1) is 13.9. The molecular formula is C21H21N3O5. The number of nitrogens with zero attached hydrogens (tertiary/aromatic N) is 1. The van der Waals surface area contributed by atoms with Gasteiger partial charge in [-0.05, 0) is 37.6 Å². The van der Waals surface area contributed by atoms with Crippen molar-refractivity contribution in [3.05, 3.63) is 59.1 Å². The zero-order valence-electron chi connectivity index (χ0n) is 15.9. The van der Waals surface area contributed by atoms with Crippen molar-refractivity contribution in [1.29, 1.82) is 0 Å². The Morgan fingerprint density at radius 2 is 2.07 bits per heavy atom. The molecule has 2 aromatic heterocycles. The van der Waals surface area contributed by atoms with Crippen molar-refractivity contribution in [2.45, 2.75) is 25.4 Å². The molecule has 2 amide bonds. The van der Waals surface area contributed by atoms with Gasteiger partial charge in [-0.2, -0.15) is 0 Å². The Morgan fingerprint density at radius 1 is 1.24 bits per heavy atom. The zero-order valence-corrected chi connectivity index (χ0v) is 15.9. The SMILES string of the molecule is Cc1oc2ccc(OCc3ccccn3)c(C3(C(N)=O)CCOC3)c2c1C(N)=O. The minimum absolute atomic E-state index is 0.0871. The standard InChI is InChI=1S/C21H21N3O5/c1-12-16(19(22)25)17-14(29-12)5-6-15(28-10-13-4-2-3-8-24-13)18(17)21(20(23)26)7-9-27-11-21/h2-6,8H,7,9-11H2,1H3,(H2,22,25)(H2,23,26). The maximum Gasteiger partial charge on any atom is 0.252 e. The molecule has 4 rings (SSSR count). The highest BCUT2D eigenvalue weighted by molar-refractivity contribution is 6.10. The first kappa shape index (κ1) is 18.9. The molecule has 150 valence electrons. The average Bonchev–Trinajstić information content (AvgIpc) is 3.31. The lowest BCUT2D eigenvalue weighted by Crippen LogP contribution is -2.42. The normalized spacial score (nSPS) is 18.8. The van der Waals surface area contributed by atoms with Crippen LogP contribution in [-0.4, -0.2) is 30.0 Å². The van der Waals surface area contributed by atoms with Gasteiger partial charge >= 0.3 is 0 Å². The molecule has 1 fully saturated rings. The highest BCUT2D eigenvalue weighted by atomic mass is 16.5. The van der Waals surface area contributed by atoms with Crippen LogP contribution in [0.4, 0.5) is 0 Å². The quantitative estimate of drug-likeness (QED) is 0.656. The summed E-state index contributed by atoms with van der Waals surface area (Å²) in [6.07, 6.45) is 2.03. The number of hydrogen-bond acceptors (Lipinski definition) is 6. The van der Waals surface area contributed by atoms with Crippen molar-refractivity contribution in [2.24, 2.45) is 11.5 Å². The number of carbonyl (C=O) groups excluding carboxylic acids is 2. The minimum atomic E-state index is -1.15. The second-order valence-corrected chi connectivity index (χ2v) is 7.07. The largest absolute Gasteiger partial charge is 0.487 e. The summed E-state index contributed by atoms with van der Waals surface area (Å²) in [5.41, 5.74) is 12.1. The van der Waals surface area contributed by atoms with Crippen molar-refractivity contribution in [3.8, 4) is 5.75 Å². The zero-order chi connectivity index (χ0) is 20.6. The van der Waals surface area contributed by atoms with Crippen LogP contribution in [0.15, 0.2) is 40.9 Å². The molecule has 1 aromatic carbocycles. The fraction of sp³-hybridized carbons (Fsp3) is 0.286. The van der Waals surface area contributed by atoms with Crippen molar-refractivity contribution >= 4 is 22.8 Å². The summed E-state index contributed by atoms with van der Waals surface area (Å²) in [5, 5.41) is 0.442. The van der Waals surface area contributed by atoms with Gasteiger partial charge in [0.15, 0.2) is 0 Å². The number of ether oxygens (including phenoxy) is 2. The number of furan rings is 1. The van der Waals surface area contributed by atoms with Gasteiger partial charge in [-0.1, -0.05) is 6.07 Å². The van der Waals surface area contributed by atoms with Gasteiger partial charge in [0.1, 0.15) is 29.1 Å².